The molecule has 0 spiro atoms. The first-order valence-electron chi connectivity index (χ1n) is 7.85. The zero-order valence-corrected chi connectivity index (χ0v) is 14.6. The molecule has 1 aromatic rings. The standard InChI is InChI=1S/C18H28N2O2/c1-12(2)7-8-19-17(22)11-20(16(6)21)18-14(4)9-13(3)10-15(18)5/h9-10,12H,7-8,11H2,1-6H3,(H,19,22). The number of anilines is 1. The van der Waals surface area contributed by atoms with E-state index in [1.807, 2.05) is 32.9 Å². The Labute approximate surface area is 133 Å². The molecular weight excluding hydrogens is 276 g/mol. The van der Waals surface area contributed by atoms with Crippen LogP contribution in [0.1, 0.15) is 43.9 Å². The predicted molar refractivity (Wildman–Crippen MR) is 91.1 cm³/mol. The van der Waals surface area contributed by atoms with Crippen molar-refractivity contribution in [3.05, 3.63) is 28.8 Å². The minimum atomic E-state index is -0.117. The summed E-state index contributed by atoms with van der Waals surface area (Å²) in [7, 11) is 0. The van der Waals surface area contributed by atoms with Gasteiger partial charge in [-0.05, 0) is 44.2 Å². The molecule has 0 saturated carbocycles. The van der Waals surface area contributed by atoms with Gasteiger partial charge in [0, 0.05) is 13.5 Å². The van der Waals surface area contributed by atoms with Crippen molar-refractivity contribution < 1.29 is 9.59 Å². The number of hydrogen-bond acceptors (Lipinski definition) is 2. The Morgan fingerprint density at radius 2 is 1.68 bits per heavy atom. The Morgan fingerprint density at radius 3 is 2.14 bits per heavy atom. The van der Waals surface area contributed by atoms with E-state index in [0.717, 1.165) is 28.8 Å². The molecule has 122 valence electrons. The molecular formula is C18H28N2O2. The average Bonchev–Trinajstić information content (AvgIpc) is 2.35. The third kappa shape index (κ3) is 5.17. The topological polar surface area (TPSA) is 49.4 Å². The zero-order valence-electron chi connectivity index (χ0n) is 14.6. The van der Waals surface area contributed by atoms with Crippen molar-refractivity contribution in [2.24, 2.45) is 5.92 Å². The number of carbonyl (C=O) groups excluding carboxylic acids is 2. The van der Waals surface area contributed by atoms with Crippen molar-refractivity contribution in [2.75, 3.05) is 18.0 Å². The van der Waals surface area contributed by atoms with E-state index in [1.165, 1.54) is 6.92 Å². The Morgan fingerprint density at radius 1 is 1.14 bits per heavy atom. The number of nitrogens with zero attached hydrogens (tertiary/aromatic N) is 1. The molecule has 1 rings (SSSR count). The maximum atomic E-state index is 12.1. The summed E-state index contributed by atoms with van der Waals surface area (Å²) in [6, 6.07) is 4.07. The van der Waals surface area contributed by atoms with E-state index < -0.39 is 0 Å². The molecule has 0 heterocycles. The lowest BCUT2D eigenvalue weighted by Crippen LogP contribution is -2.41. The van der Waals surface area contributed by atoms with E-state index >= 15 is 0 Å². The first kappa shape index (κ1) is 18.2. The molecule has 0 fully saturated rings. The minimum absolute atomic E-state index is 0.0676. The largest absolute Gasteiger partial charge is 0.355 e. The van der Waals surface area contributed by atoms with Crippen molar-refractivity contribution in [1.82, 2.24) is 5.32 Å². The zero-order chi connectivity index (χ0) is 16.9. The number of aryl methyl sites for hydroxylation is 3. The second-order valence-corrected chi connectivity index (χ2v) is 6.38. The van der Waals surface area contributed by atoms with Crippen LogP contribution in [0.25, 0.3) is 0 Å². The Kier molecular flexibility index (Phi) is 6.60. The van der Waals surface area contributed by atoms with Crippen LogP contribution in [-0.2, 0) is 9.59 Å². The second kappa shape index (κ2) is 7.97. The highest BCUT2D eigenvalue weighted by atomic mass is 16.2. The van der Waals surface area contributed by atoms with Crippen molar-refractivity contribution >= 4 is 17.5 Å². The molecule has 0 bridgehead atoms. The van der Waals surface area contributed by atoms with Crippen LogP contribution in [0.4, 0.5) is 5.69 Å². The Bertz CT molecular complexity index is 527. The maximum Gasteiger partial charge on any atom is 0.240 e. The molecule has 22 heavy (non-hydrogen) atoms. The van der Waals surface area contributed by atoms with Crippen LogP contribution in [-0.4, -0.2) is 24.9 Å². The van der Waals surface area contributed by atoms with Gasteiger partial charge < -0.3 is 10.2 Å². The van der Waals surface area contributed by atoms with Crippen LogP contribution >= 0.6 is 0 Å². The third-order valence-electron chi connectivity index (χ3n) is 3.63. The van der Waals surface area contributed by atoms with Crippen molar-refractivity contribution in [1.29, 1.82) is 0 Å². The van der Waals surface area contributed by atoms with E-state index in [0.29, 0.717) is 12.5 Å². The van der Waals surface area contributed by atoms with E-state index in [2.05, 4.69) is 19.2 Å². The van der Waals surface area contributed by atoms with Gasteiger partial charge in [0.1, 0.15) is 6.54 Å². The Hall–Kier alpha value is -1.84. The van der Waals surface area contributed by atoms with Gasteiger partial charge in [-0.15, -0.1) is 0 Å². The smallest absolute Gasteiger partial charge is 0.240 e. The molecule has 0 unspecified atom stereocenters. The highest BCUT2D eigenvalue weighted by Crippen LogP contribution is 2.26. The number of benzene rings is 1. The molecule has 1 N–H and O–H groups in total. The molecule has 4 heteroatoms. The number of rotatable bonds is 6. The summed E-state index contributed by atoms with van der Waals surface area (Å²) >= 11 is 0. The van der Waals surface area contributed by atoms with Crippen LogP contribution in [0.5, 0.6) is 0 Å². The van der Waals surface area contributed by atoms with Gasteiger partial charge in [-0.2, -0.15) is 0 Å². The van der Waals surface area contributed by atoms with E-state index in [1.54, 1.807) is 4.90 Å². The fourth-order valence-electron chi connectivity index (χ4n) is 2.65. The van der Waals surface area contributed by atoms with Gasteiger partial charge in [-0.3, -0.25) is 9.59 Å². The molecule has 4 nitrogen and oxygen atoms in total. The molecule has 2 amide bonds. The summed E-state index contributed by atoms with van der Waals surface area (Å²) in [6.07, 6.45) is 0.939. The van der Waals surface area contributed by atoms with Gasteiger partial charge in [0.2, 0.25) is 11.8 Å². The molecule has 0 aliphatic heterocycles. The van der Waals surface area contributed by atoms with Gasteiger partial charge in [0.05, 0.1) is 5.69 Å². The highest BCUT2D eigenvalue weighted by Gasteiger charge is 2.19. The molecule has 0 aromatic heterocycles. The van der Waals surface area contributed by atoms with Crippen LogP contribution in [0.2, 0.25) is 0 Å². The fraction of sp³-hybridized carbons (Fsp3) is 0.556. The second-order valence-electron chi connectivity index (χ2n) is 6.38. The molecule has 0 aliphatic rings. The third-order valence-corrected chi connectivity index (χ3v) is 3.63. The Balaban J connectivity index is 2.87. The van der Waals surface area contributed by atoms with Crippen LogP contribution in [0, 0.1) is 26.7 Å². The number of carbonyl (C=O) groups is 2. The molecule has 0 aliphatic carbocycles. The number of amides is 2. The van der Waals surface area contributed by atoms with Gasteiger partial charge in [0.25, 0.3) is 0 Å². The van der Waals surface area contributed by atoms with Crippen LogP contribution in [0.15, 0.2) is 12.1 Å². The summed E-state index contributed by atoms with van der Waals surface area (Å²) < 4.78 is 0. The van der Waals surface area contributed by atoms with Gasteiger partial charge >= 0.3 is 0 Å². The van der Waals surface area contributed by atoms with Crippen molar-refractivity contribution in [2.45, 2.75) is 48.0 Å². The SMILES string of the molecule is CC(=O)N(CC(=O)NCCC(C)C)c1c(C)cc(C)cc1C. The molecule has 1 aromatic carbocycles. The maximum absolute atomic E-state index is 12.1. The van der Waals surface area contributed by atoms with Crippen molar-refractivity contribution in [3.8, 4) is 0 Å². The first-order valence-corrected chi connectivity index (χ1v) is 7.85. The summed E-state index contributed by atoms with van der Waals surface area (Å²) in [5, 5.41) is 2.89. The lowest BCUT2D eigenvalue weighted by molar-refractivity contribution is -0.123. The van der Waals surface area contributed by atoms with E-state index in [4.69, 9.17) is 0 Å². The minimum Gasteiger partial charge on any atom is -0.355 e. The van der Waals surface area contributed by atoms with Gasteiger partial charge in [0.15, 0.2) is 0 Å². The van der Waals surface area contributed by atoms with E-state index in [-0.39, 0.29) is 18.4 Å². The first-order chi connectivity index (χ1) is 10.2. The molecule has 0 saturated heterocycles. The molecule has 0 atom stereocenters. The monoisotopic (exact) mass is 304 g/mol. The summed E-state index contributed by atoms with van der Waals surface area (Å²) in [4.78, 5) is 25.7. The lowest BCUT2D eigenvalue weighted by atomic mass is 10.0. The quantitative estimate of drug-likeness (QED) is 0.878. The normalized spacial score (nSPS) is 10.7. The number of nitrogens with one attached hydrogen (secondary N) is 1. The average molecular weight is 304 g/mol. The summed E-state index contributed by atoms with van der Waals surface area (Å²) in [5.41, 5.74) is 4.03. The van der Waals surface area contributed by atoms with Crippen LogP contribution < -0.4 is 10.2 Å². The predicted octanol–water partition coefficient (Wildman–Crippen LogP) is 3.13. The fourth-order valence-corrected chi connectivity index (χ4v) is 2.65. The number of hydrogen-bond donors (Lipinski definition) is 1. The van der Waals surface area contributed by atoms with E-state index in [9.17, 15) is 9.59 Å². The van der Waals surface area contributed by atoms with Crippen molar-refractivity contribution in [3.63, 3.8) is 0 Å². The van der Waals surface area contributed by atoms with Gasteiger partial charge in [-0.1, -0.05) is 31.5 Å². The van der Waals surface area contributed by atoms with Crippen LogP contribution in [0.3, 0.4) is 0 Å². The lowest BCUT2D eigenvalue weighted by Gasteiger charge is -2.25. The summed E-state index contributed by atoms with van der Waals surface area (Å²) in [5.74, 6) is 0.315. The van der Waals surface area contributed by atoms with Gasteiger partial charge in [-0.25, -0.2) is 0 Å². The highest BCUT2D eigenvalue weighted by molar-refractivity contribution is 5.98. The molecule has 0 radical (unpaired) electrons. The summed E-state index contributed by atoms with van der Waals surface area (Å²) in [6.45, 7) is 12.4.